The average Bonchev–Trinajstić information content (AvgIpc) is 2.61. The largest absolute Gasteiger partial charge is 0.338 e. The number of carbonyl (C=O) groups excluding carboxylic acids is 1. The molecule has 0 aliphatic heterocycles. The third-order valence-corrected chi connectivity index (χ3v) is 3.49. The summed E-state index contributed by atoms with van der Waals surface area (Å²) in [6.45, 7) is 9.48. The van der Waals surface area contributed by atoms with Gasteiger partial charge >= 0.3 is 0 Å². The van der Waals surface area contributed by atoms with Crippen molar-refractivity contribution in [2.45, 2.75) is 34.1 Å². The van der Waals surface area contributed by atoms with Crippen molar-refractivity contribution in [3.63, 3.8) is 0 Å². The fourth-order valence-corrected chi connectivity index (χ4v) is 2.40. The summed E-state index contributed by atoms with van der Waals surface area (Å²) >= 11 is 1.62. The van der Waals surface area contributed by atoms with Crippen LogP contribution in [0.1, 0.15) is 41.1 Å². The molecular formula is C11H18N2OS. The molecule has 0 atom stereocenters. The lowest BCUT2D eigenvalue weighted by molar-refractivity contribution is 0.0767. The first-order valence-corrected chi connectivity index (χ1v) is 6.21. The molecule has 1 rings (SSSR count). The number of amides is 1. The molecule has 0 unspecified atom stereocenters. The quantitative estimate of drug-likeness (QED) is 0.790. The number of carbonyl (C=O) groups is 1. The first-order chi connectivity index (χ1) is 7.13. The molecule has 0 aliphatic rings. The molecule has 15 heavy (non-hydrogen) atoms. The molecule has 0 fully saturated rings. The van der Waals surface area contributed by atoms with E-state index >= 15 is 0 Å². The number of rotatable bonds is 4. The van der Waals surface area contributed by atoms with Gasteiger partial charge in [0.25, 0.3) is 5.91 Å². The number of aryl methyl sites for hydroxylation is 2. The normalized spacial score (nSPS) is 10.4. The predicted octanol–water partition coefficient (Wildman–Crippen LogP) is 2.50. The first-order valence-electron chi connectivity index (χ1n) is 5.39. The second kappa shape index (κ2) is 5.26. The van der Waals surface area contributed by atoms with Gasteiger partial charge in [-0.1, -0.05) is 6.92 Å². The lowest BCUT2D eigenvalue weighted by atomic mass is 10.2. The van der Waals surface area contributed by atoms with Crippen LogP contribution in [0.4, 0.5) is 0 Å². The molecule has 0 bridgehead atoms. The number of hydrogen-bond donors (Lipinski definition) is 0. The van der Waals surface area contributed by atoms with Crippen LogP contribution in [0.3, 0.4) is 0 Å². The molecule has 84 valence electrons. The Hall–Kier alpha value is -0.900. The second-order valence-electron chi connectivity index (χ2n) is 3.34. The molecule has 0 saturated carbocycles. The molecular weight excluding hydrogens is 208 g/mol. The Labute approximate surface area is 95.1 Å². The zero-order valence-electron chi connectivity index (χ0n) is 9.83. The van der Waals surface area contributed by atoms with Crippen LogP contribution < -0.4 is 0 Å². The summed E-state index contributed by atoms with van der Waals surface area (Å²) in [7, 11) is 0. The van der Waals surface area contributed by atoms with Crippen molar-refractivity contribution in [1.29, 1.82) is 0 Å². The molecule has 0 radical (unpaired) electrons. The predicted molar refractivity (Wildman–Crippen MR) is 63.5 cm³/mol. The van der Waals surface area contributed by atoms with E-state index in [0.29, 0.717) is 5.69 Å². The van der Waals surface area contributed by atoms with Gasteiger partial charge in [-0.15, -0.1) is 11.3 Å². The van der Waals surface area contributed by atoms with E-state index in [0.717, 1.165) is 29.4 Å². The summed E-state index contributed by atoms with van der Waals surface area (Å²) < 4.78 is 0. The molecule has 1 heterocycles. The van der Waals surface area contributed by atoms with Crippen LogP contribution in [0, 0.1) is 6.92 Å². The highest BCUT2D eigenvalue weighted by Crippen LogP contribution is 2.19. The highest BCUT2D eigenvalue weighted by molar-refractivity contribution is 7.11. The maximum atomic E-state index is 12.1. The third-order valence-electron chi connectivity index (χ3n) is 2.38. The standard InChI is InChI=1S/C11H18N2OS/c1-5-9-10(12-8(4)15-9)11(14)13(6-2)7-3/h5-7H2,1-4H3. The summed E-state index contributed by atoms with van der Waals surface area (Å²) in [5.41, 5.74) is 0.656. The van der Waals surface area contributed by atoms with Crippen LogP contribution in [0.2, 0.25) is 0 Å². The van der Waals surface area contributed by atoms with Gasteiger partial charge < -0.3 is 4.90 Å². The van der Waals surface area contributed by atoms with E-state index in [1.807, 2.05) is 25.7 Å². The monoisotopic (exact) mass is 226 g/mol. The minimum Gasteiger partial charge on any atom is -0.338 e. The van der Waals surface area contributed by atoms with Crippen molar-refractivity contribution in [2.75, 3.05) is 13.1 Å². The maximum absolute atomic E-state index is 12.1. The molecule has 0 saturated heterocycles. The molecule has 0 aromatic carbocycles. The Morgan fingerprint density at radius 1 is 1.33 bits per heavy atom. The van der Waals surface area contributed by atoms with Crippen LogP contribution in [-0.2, 0) is 6.42 Å². The smallest absolute Gasteiger partial charge is 0.273 e. The molecule has 0 spiro atoms. The van der Waals surface area contributed by atoms with E-state index in [1.54, 1.807) is 11.3 Å². The van der Waals surface area contributed by atoms with Crippen LogP contribution >= 0.6 is 11.3 Å². The van der Waals surface area contributed by atoms with Gasteiger partial charge in [-0.05, 0) is 27.2 Å². The van der Waals surface area contributed by atoms with Gasteiger partial charge in [-0.25, -0.2) is 4.98 Å². The van der Waals surface area contributed by atoms with Gasteiger partial charge in [0.15, 0.2) is 0 Å². The minimum atomic E-state index is 0.0706. The number of thiazole rings is 1. The van der Waals surface area contributed by atoms with E-state index in [2.05, 4.69) is 11.9 Å². The fraction of sp³-hybridized carbons (Fsp3) is 0.636. The van der Waals surface area contributed by atoms with Crippen molar-refractivity contribution in [1.82, 2.24) is 9.88 Å². The van der Waals surface area contributed by atoms with Crippen molar-refractivity contribution < 1.29 is 4.79 Å². The van der Waals surface area contributed by atoms with Gasteiger partial charge in [0, 0.05) is 18.0 Å². The summed E-state index contributed by atoms with van der Waals surface area (Å²) in [5, 5.41) is 0.974. The van der Waals surface area contributed by atoms with Crippen LogP contribution in [0.5, 0.6) is 0 Å². The SMILES string of the molecule is CCc1sc(C)nc1C(=O)N(CC)CC. The van der Waals surface area contributed by atoms with Gasteiger partial charge in [-0.3, -0.25) is 4.79 Å². The lowest BCUT2D eigenvalue weighted by Gasteiger charge is -2.17. The van der Waals surface area contributed by atoms with Gasteiger partial charge in [0.1, 0.15) is 5.69 Å². The van der Waals surface area contributed by atoms with Crippen LogP contribution in [-0.4, -0.2) is 28.9 Å². The highest BCUT2D eigenvalue weighted by atomic mass is 32.1. The number of nitrogens with zero attached hydrogens (tertiary/aromatic N) is 2. The van der Waals surface area contributed by atoms with E-state index in [-0.39, 0.29) is 5.91 Å². The molecule has 1 aromatic heterocycles. The van der Waals surface area contributed by atoms with E-state index in [9.17, 15) is 4.79 Å². The van der Waals surface area contributed by atoms with Crippen LogP contribution in [0.25, 0.3) is 0 Å². The number of aromatic nitrogens is 1. The summed E-state index contributed by atoms with van der Waals surface area (Å²) in [5.74, 6) is 0.0706. The van der Waals surface area contributed by atoms with Crippen molar-refractivity contribution in [3.8, 4) is 0 Å². The Balaban J connectivity index is 2.98. The Morgan fingerprint density at radius 3 is 2.40 bits per heavy atom. The Kier molecular flexibility index (Phi) is 4.27. The summed E-state index contributed by atoms with van der Waals surface area (Å²) in [6, 6.07) is 0. The van der Waals surface area contributed by atoms with E-state index in [1.165, 1.54) is 0 Å². The molecule has 0 N–H and O–H groups in total. The van der Waals surface area contributed by atoms with Crippen molar-refractivity contribution in [3.05, 3.63) is 15.6 Å². The maximum Gasteiger partial charge on any atom is 0.273 e. The molecule has 3 nitrogen and oxygen atoms in total. The summed E-state index contributed by atoms with van der Waals surface area (Å²) in [4.78, 5) is 19.3. The lowest BCUT2D eigenvalue weighted by Crippen LogP contribution is -2.31. The molecule has 1 aromatic rings. The second-order valence-corrected chi connectivity index (χ2v) is 4.62. The van der Waals surface area contributed by atoms with Gasteiger partial charge in [0.2, 0.25) is 0 Å². The van der Waals surface area contributed by atoms with E-state index in [4.69, 9.17) is 0 Å². The Morgan fingerprint density at radius 2 is 1.93 bits per heavy atom. The van der Waals surface area contributed by atoms with Crippen molar-refractivity contribution in [2.24, 2.45) is 0 Å². The first kappa shape index (κ1) is 12.2. The topological polar surface area (TPSA) is 33.2 Å². The highest BCUT2D eigenvalue weighted by Gasteiger charge is 2.19. The van der Waals surface area contributed by atoms with Gasteiger partial charge in [0.05, 0.1) is 5.01 Å². The zero-order valence-corrected chi connectivity index (χ0v) is 10.6. The van der Waals surface area contributed by atoms with Crippen LogP contribution in [0.15, 0.2) is 0 Å². The third kappa shape index (κ3) is 2.56. The summed E-state index contributed by atoms with van der Waals surface area (Å²) in [6.07, 6.45) is 0.883. The van der Waals surface area contributed by atoms with E-state index < -0.39 is 0 Å². The van der Waals surface area contributed by atoms with Crippen molar-refractivity contribution >= 4 is 17.2 Å². The number of hydrogen-bond acceptors (Lipinski definition) is 3. The Bertz CT molecular complexity index is 342. The fourth-order valence-electron chi connectivity index (χ4n) is 1.54. The molecule has 1 amide bonds. The average molecular weight is 226 g/mol. The molecule has 4 heteroatoms. The molecule has 0 aliphatic carbocycles. The zero-order chi connectivity index (χ0) is 11.4. The minimum absolute atomic E-state index is 0.0706. The van der Waals surface area contributed by atoms with Gasteiger partial charge in [-0.2, -0.15) is 0 Å².